The molecule has 0 radical (unpaired) electrons. The predicted molar refractivity (Wildman–Crippen MR) is 145 cm³/mol. The van der Waals surface area contributed by atoms with Crippen LogP contribution in [-0.2, 0) is 11.2 Å². The van der Waals surface area contributed by atoms with Gasteiger partial charge in [0.2, 0.25) is 0 Å². The highest BCUT2D eigenvalue weighted by Gasteiger charge is 2.23. The molecule has 11 heteroatoms. The lowest BCUT2D eigenvalue weighted by Crippen LogP contribution is -2.22. The van der Waals surface area contributed by atoms with Crippen LogP contribution in [0.2, 0.25) is 0 Å². The van der Waals surface area contributed by atoms with E-state index in [9.17, 15) is 14.1 Å². The van der Waals surface area contributed by atoms with Gasteiger partial charge in [0.15, 0.2) is 9.79 Å². The minimum atomic E-state index is -1.66. The number of amides is 2. The number of nitrogens with one attached hydrogen (secondary N) is 1. The molecule has 0 spiro atoms. The molecule has 0 saturated heterocycles. The summed E-state index contributed by atoms with van der Waals surface area (Å²) in [5.74, 6) is -0.259. The molecule has 0 aliphatic heterocycles. The molecule has 9 nitrogen and oxygen atoms in total. The van der Waals surface area contributed by atoms with E-state index in [-0.39, 0.29) is 23.9 Å². The van der Waals surface area contributed by atoms with Gasteiger partial charge in [-0.05, 0) is 30.7 Å². The lowest BCUT2D eigenvalue weighted by Gasteiger charge is -2.17. The van der Waals surface area contributed by atoms with E-state index in [1.165, 1.54) is 23.5 Å². The number of pyridine rings is 2. The average Bonchev–Trinajstić information content (AvgIpc) is 2.88. The zero-order chi connectivity index (χ0) is 26.0. The largest absolute Gasteiger partial charge is 0.606 e. The van der Waals surface area contributed by atoms with Crippen LogP contribution >= 0.6 is 12.4 Å². The summed E-state index contributed by atoms with van der Waals surface area (Å²) in [4.78, 5) is 35.5. The summed E-state index contributed by atoms with van der Waals surface area (Å²) in [6, 6.07) is 12.3. The molecule has 0 fully saturated rings. The van der Waals surface area contributed by atoms with Gasteiger partial charge in [-0.1, -0.05) is 6.07 Å². The Morgan fingerprint density at radius 2 is 1.84 bits per heavy atom. The van der Waals surface area contributed by atoms with Crippen LogP contribution in [0.3, 0.4) is 0 Å². The second kappa shape index (κ2) is 11.5. The second-order valence-electron chi connectivity index (χ2n) is 8.28. The molecule has 2 aromatic carbocycles. The fraction of sp³-hybridized carbons (Fsp3) is 0.154. The number of ether oxygens (including phenoxy) is 1. The summed E-state index contributed by atoms with van der Waals surface area (Å²) in [5.41, 5.74) is 8.69. The maximum atomic E-state index is 13.6. The molecule has 192 valence electrons. The Labute approximate surface area is 223 Å². The smallest absolute Gasteiger partial charge is 0.255 e. The highest BCUT2D eigenvalue weighted by Crippen LogP contribution is 2.34. The van der Waals surface area contributed by atoms with Crippen molar-refractivity contribution in [3.8, 4) is 5.75 Å². The number of benzene rings is 2. The number of nitrogens with zero attached hydrogens (tertiary/aromatic N) is 3. The average molecular weight is 540 g/mol. The Kier molecular flexibility index (Phi) is 8.59. The third-order valence-electron chi connectivity index (χ3n) is 5.53. The van der Waals surface area contributed by atoms with Gasteiger partial charge in [0, 0.05) is 66.9 Å². The first-order valence-electron chi connectivity index (χ1n) is 10.9. The SMILES string of the molecule is COc1cccc(Nc2c(C(N)=O)cnc3c(C)cc([S+]([O-])c4cncc(C(=O)N(C)C)c4)cc23)c1.Cl. The molecular weight excluding hydrogens is 514 g/mol. The highest BCUT2D eigenvalue weighted by molar-refractivity contribution is 7.91. The molecule has 4 aromatic rings. The second-order valence-corrected chi connectivity index (χ2v) is 9.76. The lowest BCUT2D eigenvalue weighted by molar-refractivity contribution is 0.0826. The van der Waals surface area contributed by atoms with Gasteiger partial charge in [-0.15, -0.1) is 12.4 Å². The number of nitrogens with two attached hydrogens (primary N) is 1. The molecule has 37 heavy (non-hydrogen) atoms. The van der Waals surface area contributed by atoms with Crippen molar-refractivity contribution in [3.05, 3.63) is 77.7 Å². The van der Waals surface area contributed by atoms with Crippen molar-refractivity contribution in [1.29, 1.82) is 0 Å². The highest BCUT2D eigenvalue weighted by atomic mass is 35.5. The third-order valence-corrected chi connectivity index (χ3v) is 6.85. The van der Waals surface area contributed by atoms with Crippen LogP contribution in [0, 0.1) is 6.92 Å². The van der Waals surface area contributed by atoms with E-state index in [1.807, 2.05) is 19.1 Å². The summed E-state index contributed by atoms with van der Waals surface area (Å²) in [5, 5.41) is 3.83. The quantitative estimate of drug-likeness (QED) is 0.338. The Morgan fingerprint density at radius 3 is 2.51 bits per heavy atom. The van der Waals surface area contributed by atoms with Crippen molar-refractivity contribution in [2.24, 2.45) is 5.73 Å². The number of aryl methyl sites for hydroxylation is 1. The number of halogens is 1. The van der Waals surface area contributed by atoms with Crippen LogP contribution in [0.4, 0.5) is 11.4 Å². The number of fused-ring (bicyclic) bond motifs is 1. The van der Waals surface area contributed by atoms with Crippen molar-refractivity contribution in [2.45, 2.75) is 16.7 Å². The molecule has 0 aliphatic carbocycles. The number of aromatic nitrogens is 2. The van der Waals surface area contributed by atoms with Gasteiger partial charge in [-0.3, -0.25) is 19.6 Å². The number of carbonyl (C=O) groups is 2. The van der Waals surface area contributed by atoms with E-state index < -0.39 is 17.1 Å². The number of hydrogen-bond donors (Lipinski definition) is 2. The Balaban J connectivity index is 0.00000380. The molecule has 2 amide bonds. The van der Waals surface area contributed by atoms with Crippen molar-refractivity contribution in [3.63, 3.8) is 0 Å². The molecule has 2 aromatic heterocycles. The Bertz CT molecular complexity index is 1480. The fourth-order valence-electron chi connectivity index (χ4n) is 3.75. The molecular formula is C26H26ClN5O4S. The zero-order valence-electron chi connectivity index (χ0n) is 20.6. The van der Waals surface area contributed by atoms with Gasteiger partial charge in [0.05, 0.1) is 35.6 Å². The first-order chi connectivity index (χ1) is 17.2. The molecule has 0 saturated carbocycles. The third kappa shape index (κ3) is 5.77. The molecule has 0 bridgehead atoms. The van der Waals surface area contributed by atoms with E-state index >= 15 is 0 Å². The van der Waals surface area contributed by atoms with Crippen molar-refractivity contribution in [2.75, 3.05) is 26.5 Å². The fourth-order valence-corrected chi connectivity index (χ4v) is 4.92. The van der Waals surface area contributed by atoms with Gasteiger partial charge < -0.3 is 25.2 Å². The van der Waals surface area contributed by atoms with Crippen molar-refractivity contribution in [1.82, 2.24) is 14.9 Å². The van der Waals surface area contributed by atoms with E-state index in [0.29, 0.717) is 43.4 Å². The maximum absolute atomic E-state index is 13.6. The summed E-state index contributed by atoms with van der Waals surface area (Å²) < 4.78 is 18.9. The number of anilines is 2. The minimum Gasteiger partial charge on any atom is -0.606 e. The van der Waals surface area contributed by atoms with Crippen LogP contribution in [0.1, 0.15) is 26.3 Å². The van der Waals surface area contributed by atoms with Gasteiger partial charge in [-0.25, -0.2) is 0 Å². The standard InChI is InChI=1S/C26H25N5O4S.ClH/c1-15-8-19(36(34)20-9-16(12-28-13-20)26(33)31(2)3)11-21-23(15)29-14-22(25(27)32)24(21)30-17-6-5-7-18(10-17)35-4;/h5-14H,1-4H3,(H2,27,32)(H,29,30);1H. The predicted octanol–water partition coefficient (Wildman–Crippen LogP) is 4.08. The summed E-state index contributed by atoms with van der Waals surface area (Å²) >= 11 is -1.66. The summed E-state index contributed by atoms with van der Waals surface area (Å²) in [7, 11) is 4.84. The molecule has 3 N–H and O–H groups in total. The van der Waals surface area contributed by atoms with Gasteiger partial charge in [0.1, 0.15) is 5.75 Å². The topological polar surface area (TPSA) is 134 Å². The number of carbonyl (C=O) groups excluding carboxylic acids is 2. The van der Waals surface area contributed by atoms with Crippen LogP contribution in [0.5, 0.6) is 5.75 Å². The summed E-state index contributed by atoms with van der Waals surface area (Å²) in [6.45, 7) is 1.85. The molecule has 2 heterocycles. The van der Waals surface area contributed by atoms with E-state index in [4.69, 9.17) is 10.5 Å². The van der Waals surface area contributed by atoms with Crippen LogP contribution in [-0.4, -0.2) is 52.4 Å². The van der Waals surface area contributed by atoms with Crippen LogP contribution in [0.15, 0.2) is 70.8 Å². The van der Waals surface area contributed by atoms with E-state index in [1.54, 1.807) is 51.5 Å². The van der Waals surface area contributed by atoms with Crippen LogP contribution in [0.25, 0.3) is 10.9 Å². The summed E-state index contributed by atoms with van der Waals surface area (Å²) in [6.07, 6.45) is 4.33. The molecule has 0 aliphatic rings. The van der Waals surface area contributed by atoms with Gasteiger partial charge in [0.25, 0.3) is 11.8 Å². The maximum Gasteiger partial charge on any atom is 0.255 e. The zero-order valence-corrected chi connectivity index (χ0v) is 22.3. The van der Waals surface area contributed by atoms with Crippen molar-refractivity contribution < 1.29 is 18.9 Å². The van der Waals surface area contributed by atoms with E-state index in [0.717, 1.165) is 5.56 Å². The van der Waals surface area contributed by atoms with Gasteiger partial charge >= 0.3 is 0 Å². The van der Waals surface area contributed by atoms with Crippen LogP contribution < -0.4 is 15.8 Å². The first kappa shape index (κ1) is 27.7. The molecule has 4 rings (SSSR count). The molecule has 1 atom stereocenters. The van der Waals surface area contributed by atoms with Gasteiger partial charge in [-0.2, -0.15) is 0 Å². The Hall–Kier alpha value is -3.86. The Morgan fingerprint density at radius 1 is 1.08 bits per heavy atom. The van der Waals surface area contributed by atoms with E-state index in [2.05, 4.69) is 15.3 Å². The normalized spacial score (nSPS) is 11.4. The monoisotopic (exact) mass is 539 g/mol. The minimum absolute atomic E-state index is 0. The first-order valence-corrected chi connectivity index (χ1v) is 12.1. The van der Waals surface area contributed by atoms with Crippen molar-refractivity contribution >= 4 is 57.7 Å². The lowest BCUT2D eigenvalue weighted by atomic mass is 10.1. The number of methoxy groups -OCH3 is 1. The number of primary amides is 1. The number of rotatable bonds is 7. The molecule has 1 unspecified atom stereocenters. The number of hydrogen-bond acceptors (Lipinski definition) is 7.